The summed E-state index contributed by atoms with van der Waals surface area (Å²) in [4.78, 5) is 14.7. The number of nitrogens with zero attached hydrogens (tertiary/aromatic N) is 3. The number of aldehydes is 1. The van der Waals surface area contributed by atoms with Gasteiger partial charge in [-0.1, -0.05) is 6.58 Å². The van der Waals surface area contributed by atoms with Gasteiger partial charge in [0.25, 0.3) is 0 Å². The number of aryl methyl sites for hydroxylation is 1. The van der Waals surface area contributed by atoms with E-state index in [0.717, 1.165) is 12.0 Å². The third-order valence-electron chi connectivity index (χ3n) is 1.64. The van der Waals surface area contributed by atoms with Crippen LogP contribution in [0.25, 0.3) is 0 Å². The number of rotatable bonds is 3. The minimum absolute atomic E-state index is 0.490. The lowest BCUT2D eigenvalue weighted by Gasteiger charge is -1.96. The first kappa shape index (κ1) is 9.38. The molecule has 0 saturated heterocycles. The molecular weight excluding hydrogens is 166 g/mol. The van der Waals surface area contributed by atoms with Crippen molar-refractivity contribution < 1.29 is 4.79 Å². The van der Waals surface area contributed by atoms with Crippen molar-refractivity contribution in [3.05, 3.63) is 24.4 Å². The highest BCUT2D eigenvalue weighted by molar-refractivity contribution is 5.95. The Morgan fingerprint density at radius 2 is 2.46 bits per heavy atom. The highest BCUT2D eigenvalue weighted by Crippen LogP contribution is 2.15. The van der Waals surface area contributed by atoms with Gasteiger partial charge in [0.05, 0.1) is 11.8 Å². The summed E-state index contributed by atoms with van der Waals surface area (Å²) in [5.41, 5.74) is 1.25. The van der Waals surface area contributed by atoms with E-state index in [1.54, 1.807) is 17.8 Å². The number of aromatic nitrogens is 2. The van der Waals surface area contributed by atoms with Crippen molar-refractivity contribution in [3.8, 4) is 0 Å². The van der Waals surface area contributed by atoms with Crippen LogP contribution in [0.15, 0.2) is 23.8 Å². The lowest BCUT2D eigenvalue weighted by Crippen LogP contribution is -1.92. The molecule has 1 heterocycles. The maximum absolute atomic E-state index is 10.6. The monoisotopic (exact) mass is 177 g/mol. The number of allylic oxidation sites excluding steroid dienone is 1. The molecule has 0 spiro atoms. The van der Waals surface area contributed by atoms with Gasteiger partial charge in [0.2, 0.25) is 0 Å². The summed E-state index contributed by atoms with van der Waals surface area (Å²) < 4.78 is 1.55. The van der Waals surface area contributed by atoms with Crippen LogP contribution in [0, 0.1) is 0 Å². The van der Waals surface area contributed by atoms with E-state index in [0.29, 0.717) is 11.4 Å². The summed E-state index contributed by atoms with van der Waals surface area (Å²) in [6.45, 7) is 5.39. The van der Waals surface area contributed by atoms with Gasteiger partial charge in [-0.15, -0.1) is 0 Å². The Morgan fingerprint density at radius 1 is 1.77 bits per heavy atom. The number of hydrogen-bond donors (Lipinski definition) is 0. The molecule has 13 heavy (non-hydrogen) atoms. The molecule has 0 atom stereocenters. The zero-order chi connectivity index (χ0) is 9.84. The Bertz CT molecular complexity index is 363. The van der Waals surface area contributed by atoms with Crippen LogP contribution in [0.1, 0.15) is 17.3 Å². The molecule has 0 aromatic carbocycles. The minimum atomic E-state index is 0.490. The average molecular weight is 177 g/mol. The van der Waals surface area contributed by atoms with E-state index in [1.807, 2.05) is 6.92 Å². The molecule has 0 aliphatic heterocycles. The predicted octanol–water partition coefficient (Wildman–Crippen LogP) is 1.51. The molecule has 0 bridgehead atoms. The lowest BCUT2D eigenvalue weighted by atomic mass is 10.3. The van der Waals surface area contributed by atoms with Crippen molar-refractivity contribution in [1.29, 1.82) is 0 Å². The van der Waals surface area contributed by atoms with E-state index in [1.165, 1.54) is 6.20 Å². The maximum Gasteiger partial charge on any atom is 0.161 e. The highest BCUT2D eigenvalue weighted by Gasteiger charge is 2.05. The Morgan fingerprint density at radius 3 is 3.00 bits per heavy atom. The van der Waals surface area contributed by atoms with E-state index in [2.05, 4.69) is 16.7 Å². The summed E-state index contributed by atoms with van der Waals surface area (Å²) in [5, 5.41) is 3.92. The van der Waals surface area contributed by atoms with Crippen LogP contribution < -0.4 is 0 Å². The molecule has 4 heteroatoms. The molecule has 0 aliphatic carbocycles. The van der Waals surface area contributed by atoms with Crippen molar-refractivity contribution in [3.63, 3.8) is 0 Å². The molecule has 1 aromatic rings. The second-order valence-electron chi connectivity index (χ2n) is 2.62. The van der Waals surface area contributed by atoms with E-state index < -0.39 is 0 Å². The van der Waals surface area contributed by atoms with Crippen LogP contribution in [0.3, 0.4) is 0 Å². The first-order valence-electron chi connectivity index (χ1n) is 3.84. The number of carbonyl (C=O) groups excluding carboxylic acids is 1. The molecule has 0 N–H and O–H groups in total. The standard InChI is InChI=1S/C9H11N3O/c1-4-7(2)11-9-8(6-13)5-10-12(9)3/h4-6H,1H2,2-3H3/b11-7-. The normalized spacial score (nSPS) is 11.4. The van der Waals surface area contributed by atoms with Crippen LogP contribution in [0.5, 0.6) is 0 Å². The molecule has 0 saturated carbocycles. The van der Waals surface area contributed by atoms with Gasteiger partial charge in [-0.25, -0.2) is 4.99 Å². The second kappa shape index (κ2) is 3.80. The third kappa shape index (κ3) is 1.90. The van der Waals surface area contributed by atoms with Gasteiger partial charge in [-0.2, -0.15) is 5.10 Å². The average Bonchev–Trinajstić information content (AvgIpc) is 2.48. The van der Waals surface area contributed by atoms with E-state index in [9.17, 15) is 4.79 Å². The summed E-state index contributed by atoms with van der Waals surface area (Å²) in [6, 6.07) is 0. The van der Waals surface area contributed by atoms with Crippen LogP contribution in [-0.2, 0) is 7.05 Å². The second-order valence-corrected chi connectivity index (χ2v) is 2.62. The van der Waals surface area contributed by atoms with E-state index in [-0.39, 0.29) is 0 Å². The van der Waals surface area contributed by atoms with E-state index in [4.69, 9.17) is 0 Å². The van der Waals surface area contributed by atoms with E-state index >= 15 is 0 Å². The van der Waals surface area contributed by atoms with Crippen LogP contribution in [0.2, 0.25) is 0 Å². The fraction of sp³-hybridized carbons (Fsp3) is 0.222. The van der Waals surface area contributed by atoms with Gasteiger partial charge in [-0.3, -0.25) is 9.48 Å². The largest absolute Gasteiger partial charge is 0.298 e. The van der Waals surface area contributed by atoms with Crippen LogP contribution >= 0.6 is 0 Å². The maximum atomic E-state index is 10.6. The van der Waals surface area contributed by atoms with Crippen molar-refractivity contribution in [2.45, 2.75) is 6.92 Å². The first-order chi connectivity index (χ1) is 6.19. The molecule has 1 rings (SSSR count). The molecule has 68 valence electrons. The lowest BCUT2D eigenvalue weighted by molar-refractivity contribution is 0.112. The van der Waals surface area contributed by atoms with Crippen molar-refractivity contribution in [2.75, 3.05) is 0 Å². The van der Waals surface area contributed by atoms with Crippen molar-refractivity contribution >= 4 is 17.8 Å². The Hall–Kier alpha value is -1.71. The smallest absolute Gasteiger partial charge is 0.161 e. The summed E-state index contributed by atoms with van der Waals surface area (Å²) in [6.07, 6.45) is 3.85. The van der Waals surface area contributed by atoms with Crippen LogP contribution in [-0.4, -0.2) is 21.8 Å². The number of aliphatic imine (C=N–C) groups is 1. The van der Waals surface area contributed by atoms with Gasteiger partial charge in [0.1, 0.15) is 0 Å². The third-order valence-corrected chi connectivity index (χ3v) is 1.64. The minimum Gasteiger partial charge on any atom is -0.298 e. The topological polar surface area (TPSA) is 47.2 Å². The Labute approximate surface area is 76.6 Å². The van der Waals surface area contributed by atoms with Gasteiger partial charge < -0.3 is 0 Å². The van der Waals surface area contributed by atoms with Gasteiger partial charge >= 0.3 is 0 Å². The number of carbonyl (C=O) groups is 1. The fourth-order valence-corrected chi connectivity index (χ4v) is 0.881. The SMILES string of the molecule is C=C/C(C)=N\c1c(C=O)cnn1C. The summed E-state index contributed by atoms with van der Waals surface area (Å²) >= 11 is 0. The fourth-order valence-electron chi connectivity index (χ4n) is 0.881. The zero-order valence-corrected chi connectivity index (χ0v) is 7.69. The zero-order valence-electron chi connectivity index (χ0n) is 7.69. The highest BCUT2D eigenvalue weighted by atomic mass is 16.1. The van der Waals surface area contributed by atoms with Crippen LogP contribution in [0.4, 0.5) is 5.82 Å². The molecule has 0 amide bonds. The number of hydrogen-bond acceptors (Lipinski definition) is 3. The van der Waals surface area contributed by atoms with Gasteiger partial charge in [0.15, 0.2) is 12.1 Å². The Balaban J connectivity index is 3.18. The molecular formula is C9H11N3O. The molecule has 0 aliphatic rings. The molecule has 0 fully saturated rings. The summed E-state index contributed by atoms with van der Waals surface area (Å²) in [7, 11) is 1.74. The predicted molar refractivity (Wildman–Crippen MR) is 51.6 cm³/mol. The van der Waals surface area contributed by atoms with Crippen molar-refractivity contribution in [2.24, 2.45) is 12.0 Å². The summed E-state index contributed by atoms with van der Waals surface area (Å²) in [5.74, 6) is 0.562. The molecule has 0 radical (unpaired) electrons. The van der Waals surface area contributed by atoms with Gasteiger partial charge in [-0.05, 0) is 13.0 Å². The molecule has 1 aromatic heterocycles. The quantitative estimate of drug-likeness (QED) is 0.519. The van der Waals surface area contributed by atoms with Gasteiger partial charge in [0, 0.05) is 12.8 Å². The first-order valence-corrected chi connectivity index (χ1v) is 3.84. The molecule has 4 nitrogen and oxygen atoms in total. The van der Waals surface area contributed by atoms with Crippen molar-refractivity contribution in [1.82, 2.24) is 9.78 Å². The molecule has 0 unspecified atom stereocenters. The Kier molecular flexibility index (Phi) is 2.74.